The average Bonchev–Trinajstić information content (AvgIpc) is 3.33. The number of carbonyl (C=O) groups excluding carboxylic acids is 1. The highest BCUT2D eigenvalue weighted by atomic mass is 16.5. The van der Waals surface area contributed by atoms with Crippen molar-refractivity contribution in [1.82, 2.24) is 15.3 Å². The van der Waals surface area contributed by atoms with Gasteiger partial charge in [0, 0.05) is 31.5 Å². The summed E-state index contributed by atoms with van der Waals surface area (Å²) in [5.41, 5.74) is 1.08. The van der Waals surface area contributed by atoms with E-state index in [4.69, 9.17) is 4.74 Å². The van der Waals surface area contributed by atoms with E-state index in [2.05, 4.69) is 15.3 Å². The van der Waals surface area contributed by atoms with E-state index in [9.17, 15) is 4.79 Å². The van der Waals surface area contributed by atoms with Crippen molar-refractivity contribution in [3.63, 3.8) is 0 Å². The van der Waals surface area contributed by atoms with Crippen molar-refractivity contribution < 1.29 is 9.53 Å². The van der Waals surface area contributed by atoms with E-state index < -0.39 is 0 Å². The number of hydrogen-bond donors (Lipinski definition) is 1. The summed E-state index contributed by atoms with van der Waals surface area (Å²) in [5, 5.41) is 2.98. The van der Waals surface area contributed by atoms with Crippen LogP contribution in [-0.2, 0) is 16.0 Å². The second-order valence-corrected chi connectivity index (χ2v) is 5.68. The van der Waals surface area contributed by atoms with Crippen molar-refractivity contribution >= 4 is 5.91 Å². The lowest BCUT2D eigenvalue weighted by Crippen LogP contribution is -2.36. The zero-order valence-electron chi connectivity index (χ0n) is 11.7. The molecule has 0 spiro atoms. The Kier molecular flexibility index (Phi) is 4.25. The number of amides is 1. The molecule has 3 rings (SSSR count). The van der Waals surface area contributed by atoms with Crippen molar-refractivity contribution in [2.45, 2.75) is 38.0 Å². The molecule has 1 aliphatic carbocycles. The second kappa shape index (κ2) is 6.31. The SMILES string of the molecule is O=C(NCCc1cnc(C2CC2)nc1)C1CCCOC1. The summed E-state index contributed by atoms with van der Waals surface area (Å²) in [6.07, 6.45) is 8.91. The fourth-order valence-corrected chi connectivity index (χ4v) is 2.47. The van der Waals surface area contributed by atoms with Crippen LogP contribution in [0.2, 0.25) is 0 Å². The van der Waals surface area contributed by atoms with Crippen LogP contribution >= 0.6 is 0 Å². The highest BCUT2D eigenvalue weighted by Gasteiger charge is 2.26. The summed E-state index contributed by atoms with van der Waals surface area (Å²) in [6, 6.07) is 0. The third kappa shape index (κ3) is 3.54. The Morgan fingerprint density at radius 1 is 1.30 bits per heavy atom. The van der Waals surface area contributed by atoms with Gasteiger partial charge in [0.15, 0.2) is 0 Å². The van der Waals surface area contributed by atoms with Crippen LogP contribution < -0.4 is 5.32 Å². The zero-order chi connectivity index (χ0) is 13.8. The minimum Gasteiger partial charge on any atom is -0.381 e. The third-order valence-corrected chi connectivity index (χ3v) is 3.91. The van der Waals surface area contributed by atoms with Crippen LogP contribution in [-0.4, -0.2) is 35.6 Å². The van der Waals surface area contributed by atoms with Crippen molar-refractivity contribution in [3.05, 3.63) is 23.8 Å². The van der Waals surface area contributed by atoms with Crippen LogP contribution in [0.5, 0.6) is 0 Å². The van der Waals surface area contributed by atoms with E-state index in [0.29, 0.717) is 19.1 Å². The van der Waals surface area contributed by atoms with Gasteiger partial charge in [-0.3, -0.25) is 4.79 Å². The Bertz CT molecular complexity index is 451. The topological polar surface area (TPSA) is 64.1 Å². The molecular weight excluding hydrogens is 254 g/mol. The van der Waals surface area contributed by atoms with Crippen LogP contribution in [0.15, 0.2) is 12.4 Å². The molecule has 0 radical (unpaired) electrons. The number of rotatable bonds is 5. The van der Waals surface area contributed by atoms with E-state index in [1.54, 1.807) is 0 Å². The van der Waals surface area contributed by atoms with Gasteiger partial charge in [-0.2, -0.15) is 0 Å². The number of nitrogens with zero attached hydrogens (tertiary/aromatic N) is 2. The Morgan fingerprint density at radius 3 is 2.75 bits per heavy atom. The molecule has 20 heavy (non-hydrogen) atoms. The largest absolute Gasteiger partial charge is 0.381 e. The fraction of sp³-hybridized carbons (Fsp3) is 0.667. The first-order chi connectivity index (χ1) is 9.83. The Hall–Kier alpha value is -1.49. The molecule has 1 unspecified atom stereocenters. The number of aromatic nitrogens is 2. The minimum absolute atomic E-state index is 0.0252. The van der Waals surface area contributed by atoms with Gasteiger partial charge in [-0.1, -0.05) is 0 Å². The summed E-state index contributed by atoms with van der Waals surface area (Å²) in [5.74, 6) is 1.70. The molecule has 2 heterocycles. The van der Waals surface area contributed by atoms with Gasteiger partial charge in [-0.05, 0) is 37.7 Å². The fourth-order valence-electron chi connectivity index (χ4n) is 2.47. The predicted molar refractivity (Wildman–Crippen MR) is 74.3 cm³/mol. The molecule has 1 atom stereocenters. The normalized spacial score (nSPS) is 22.5. The van der Waals surface area contributed by atoms with E-state index in [-0.39, 0.29) is 11.8 Å². The van der Waals surface area contributed by atoms with E-state index in [0.717, 1.165) is 37.3 Å². The van der Waals surface area contributed by atoms with Crippen molar-refractivity contribution in [2.24, 2.45) is 5.92 Å². The molecule has 0 bridgehead atoms. The summed E-state index contributed by atoms with van der Waals surface area (Å²) in [7, 11) is 0. The molecule has 5 heteroatoms. The van der Waals surface area contributed by atoms with Gasteiger partial charge in [0.05, 0.1) is 12.5 Å². The highest BCUT2D eigenvalue weighted by molar-refractivity contribution is 5.78. The van der Waals surface area contributed by atoms with Crippen LogP contribution in [0, 0.1) is 5.92 Å². The maximum Gasteiger partial charge on any atom is 0.225 e. The third-order valence-electron chi connectivity index (χ3n) is 3.91. The van der Waals surface area contributed by atoms with Crippen molar-refractivity contribution in [1.29, 1.82) is 0 Å². The Balaban J connectivity index is 1.41. The van der Waals surface area contributed by atoms with E-state index in [1.165, 1.54) is 12.8 Å². The predicted octanol–water partition coefficient (Wildman–Crippen LogP) is 1.44. The number of carbonyl (C=O) groups is 1. The molecule has 1 aromatic rings. The average molecular weight is 275 g/mol. The minimum atomic E-state index is 0.0252. The first-order valence-electron chi connectivity index (χ1n) is 7.49. The lowest BCUT2D eigenvalue weighted by atomic mass is 10.0. The highest BCUT2D eigenvalue weighted by Crippen LogP contribution is 2.37. The molecule has 1 saturated heterocycles. The lowest BCUT2D eigenvalue weighted by Gasteiger charge is -2.21. The molecule has 5 nitrogen and oxygen atoms in total. The molecular formula is C15H21N3O2. The van der Waals surface area contributed by atoms with Crippen molar-refractivity contribution in [3.8, 4) is 0 Å². The van der Waals surface area contributed by atoms with Crippen LogP contribution in [0.25, 0.3) is 0 Å². The van der Waals surface area contributed by atoms with Gasteiger partial charge in [-0.25, -0.2) is 9.97 Å². The van der Waals surface area contributed by atoms with Gasteiger partial charge in [0.1, 0.15) is 5.82 Å². The quantitative estimate of drug-likeness (QED) is 0.883. The molecule has 1 N–H and O–H groups in total. The molecule has 0 aromatic carbocycles. The van der Waals surface area contributed by atoms with Gasteiger partial charge in [0.25, 0.3) is 0 Å². The van der Waals surface area contributed by atoms with Crippen molar-refractivity contribution in [2.75, 3.05) is 19.8 Å². The second-order valence-electron chi connectivity index (χ2n) is 5.68. The number of hydrogen-bond acceptors (Lipinski definition) is 4. The van der Waals surface area contributed by atoms with Crippen LogP contribution in [0.3, 0.4) is 0 Å². The standard InChI is InChI=1S/C15H21N3O2/c19-15(13-2-1-7-20-10-13)16-6-5-11-8-17-14(18-9-11)12-3-4-12/h8-9,12-13H,1-7,10H2,(H,16,19). The molecule has 2 fully saturated rings. The number of ether oxygens (including phenoxy) is 1. The summed E-state index contributed by atoms with van der Waals surface area (Å²) in [6.45, 7) is 1.99. The molecule has 2 aliphatic rings. The Morgan fingerprint density at radius 2 is 2.10 bits per heavy atom. The molecule has 1 saturated carbocycles. The van der Waals surface area contributed by atoms with Gasteiger partial charge in [0.2, 0.25) is 5.91 Å². The smallest absolute Gasteiger partial charge is 0.225 e. The van der Waals surface area contributed by atoms with E-state index in [1.807, 2.05) is 12.4 Å². The van der Waals surface area contributed by atoms with Gasteiger partial charge in [-0.15, -0.1) is 0 Å². The molecule has 1 aromatic heterocycles. The summed E-state index contributed by atoms with van der Waals surface area (Å²) in [4.78, 5) is 20.7. The first kappa shape index (κ1) is 13.5. The van der Waals surface area contributed by atoms with Gasteiger partial charge < -0.3 is 10.1 Å². The Labute approximate surface area is 119 Å². The summed E-state index contributed by atoms with van der Waals surface area (Å²) >= 11 is 0. The van der Waals surface area contributed by atoms with E-state index >= 15 is 0 Å². The maximum absolute atomic E-state index is 11.9. The monoisotopic (exact) mass is 275 g/mol. The summed E-state index contributed by atoms with van der Waals surface area (Å²) < 4.78 is 5.33. The molecule has 108 valence electrons. The van der Waals surface area contributed by atoms with Crippen LogP contribution in [0.1, 0.15) is 43.0 Å². The molecule has 1 aliphatic heterocycles. The maximum atomic E-state index is 11.9. The van der Waals surface area contributed by atoms with Crippen LogP contribution in [0.4, 0.5) is 0 Å². The van der Waals surface area contributed by atoms with Gasteiger partial charge >= 0.3 is 0 Å². The number of nitrogens with one attached hydrogen (secondary N) is 1. The molecule has 1 amide bonds. The zero-order valence-corrected chi connectivity index (χ0v) is 11.7. The lowest BCUT2D eigenvalue weighted by molar-refractivity contribution is -0.128. The first-order valence-corrected chi connectivity index (χ1v) is 7.49.